The lowest BCUT2D eigenvalue weighted by Crippen LogP contribution is -2.13. The number of H-pyrrole nitrogens is 1. The third kappa shape index (κ3) is 3.52. The summed E-state index contributed by atoms with van der Waals surface area (Å²) in [6.07, 6.45) is 0. The van der Waals surface area contributed by atoms with E-state index in [1.165, 1.54) is 6.07 Å². The number of amides is 1. The quantitative estimate of drug-likeness (QED) is 0.745. The van der Waals surface area contributed by atoms with Gasteiger partial charge in [-0.05, 0) is 24.1 Å². The minimum absolute atomic E-state index is 0.201. The summed E-state index contributed by atoms with van der Waals surface area (Å²) in [5.41, 5.74) is 0.674. The van der Waals surface area contributed by atoms with Gasteiger partial charge in [-0.15, -0.1) is 0 Å². The number of aliphatic hydroxyl groups excluding tert-OH is 1. The third-order valence-corrected chi connectivity index (χ3v) is 2.95. The van der Waals surface area contributed by atoms with E-state index in [4.69, 9.17) is 28.3 Å². The minimum atomic E-state index is -0.418. The molecule has 102 valence electrons. The van der Waals surface area contributed by atoms with Gasteiger partial charge >= 0.3 is 0 Å². The Bertz CT molecular complexity index is 682. The molecule has 0 atom stereocenters. The molecule has 2 aromatic rings. The summed E-state index contributed by atoms with van der Waals surface area (Å²) in [5, 5.41) is 11.7. The maximum absolute atomic E-state index is 11.9. The molecule has 0 unspecified atom stereocenters. The van der Waals surface area contributed by atoms with Gasteiger partial charge in [-0.2, -0.15) is 0 Å². The van der Waals surface area contributed by atoms with Gasteiger partial charge in [0, 0.05) is 0 Å². The summed E-state index contributed by atoms with van der Waals surface area (Å²) >= 11 is 11.5. The van der Waals surface area contributed by atoms with Crippen molar-refractivity contribution in [2.24, 2.45) is 0 Å². The predicted octanol–water partition coefficient (Wildman–Crippen LogP) is 2.31. The first-order chi connectivity index (χ1) is 9.60. The predicted molar refractivity (Wildman–Crippen MR) is 77.0 cm³/mol. The molecule has 0 saturated carbocycles. The summed E-state index contributed by atoms with van der Waals surface area (Å²) in [4.78, 5) is 18.7. The number of carbonyl (C=O) groups is 1. The molecule has 0 radical (unpaired) electrons. The molecule has 0 bridgehead atoms. The first-order valence-corrected chi connectivity index (χ1v) is 6.28. The van der Waals surface area contributed by atoms with Crippen LogP contribution in [0.2, 0.25) is 10.2 Å². The van der Waals surface area contributed by atoms with E-state index < -0.39 is 5.91 Å². The fourth-order valence-corrected chi connectivity index (χ4v) is 1.73. The molecule has 2 aromatic heterocycles. The first kappa shape index (κ1) is 14.4. The van der Waals surface area contributed by atoms with Gasteiger partial charge in [-0.3, -0.25) is 4.79 Å². The van der Waals surface area contributed by atoms with Gasteiger partial charge < -0.3 is 15.4 Å². The number of aromatic amines is 1. The third-order valence-electron chi connectivity index (χ3n) is 2.26. The molecule has 5 nitrogen and oxygen atoms in total. The molecule has 0 aliphatic rings. The first-order valence-electron chi connectivity index (χ1n) is 5.52. The molecule has 7 heteroatoms. The SMILES string of the molecule is O=C(Nc1cccc(C#CCO)n1)c1cc(Cl)c(Cl)[nH]1. The number of aromatic nitrogens is 2. The van der Waals surface area contributed by atoms with Gasteiger partial charge in [0.15, 0.2) is 0 Å². The van der Waals surface area contributed by atoms with Crippen molar-refractivity contribution in [3.8, 4) is 11.8 Å². The summed E-state index contributed by atoms with van der Waals surface area (Å²) in [6, 6.07) is 6.40. The summed E-state index contributed by atoms with van der Waals surface area (Å²) in [7, 11) is 0. The van der Waals surface area contributed by atoms with Crippen LogP contribution in [0.5, 0.6) is 0 Å². The molecule has 0 aromatic carbocycles. The molecule has 0 aliphatic heterocycles. The zero-order chi connectivity index (χ0) is 14.5. The molecule has 0 spiro atoms. The summed E-state index contributed by atoms with van der Waals surface area (Å²) in [6.45, 7) is -0.252. The van der Waals surface area contributed by atoms with Crippen LogP contribution in [0.25, 0.3) is 0 Å². The number of anilines is 1. The van der Waals surface area contributed by atoms with E-state index in [0.717, 1.165) is 0 Å². The van der Waals surface area contributed by atoms with Crippen molar-refractivity contribution in [1.82, 2.24) is 9.97 Å². The Labute approximate surface area is 124 Å². The minimum Gasteiger partial charge on any atom is -0.384 e. The van der Waals surface area contributed by atoms with Gasteiger partial charge in [0.05, 0.1) is 5.02 Å². The number of rotatable bonds is 2. The lowest BCUT2D eigenvalue weighted by Gasteiger charge is -2.02. The fourth-order valence-electron chi connectivity index (χ4n) is 1.41. The van der Waals surface area contributed by atoms with Gasteiger partial charge in [0.2, 0.25) is 0 Å². The molecule has 2 rings (SSSR count). The van der Waals surface area contributed by atoms with Crippen LogP contribution in [-0.2, 0) is 0 Å². The van der Waals surface area contributed by atoms with E-state index in [9.17, 15) is 4.79 Å². The van der Waals surface area contributed by atoms with Gasteiger partial charge in [-0.1, -0.05) is 35.2 Å². The lowest BCUT2D eigenvalue weighted by atomic mass is 10.3. The van der Waals surface area contributed by atoms with E-state index >= 15 is 0 Å². The van der Waals surface area contributed by atoms with Gasteiger partial charge in [0.1, 0.15) is 29.0 Å². The van der Waals surface area contributed by atoms with E-state index in [2.05, 4.69) is 27.1 Å². The van der Waals surface area contributed by atoms with Crippen molar-refractivity contribution in [1.29, 1.82) is 0 Å². The van der Waals surface area contributed by atoms with Gasteiger partial charge in [-0.25, -0.2) is 4.98 Å². The van der Waals surface area contributed by atoms with Crippen LogP contribution >= 0.6 is 23.2 Å². The fraction of sp³-hybridized carbons (Fsp3) is 0.0769. The smallest absolute Gasteiger partial charge is 0.273 e. The Morgan fingerprint density at radius 3 is 2.90 bits per heavy atom. The van der Waals surface area contributed by atoms with E-state index in [1.54, 1.807) is 18.2 Å². The Balaban J connectivity index is 2.15. The monoisotopic (exact) mass is 309 g/mol. The molecule has 0 aliphatic carbocycles. The van der Waals surface area contributed by atoms with Crippen molar-refractivity contribution >= 4 is 34.9 Å². The molecular formula is C13H9Cl2N3O2. The molecule has 0 saturated heterocycles. The highest BCUT2D eigenvalue weighted by atomic mass is 35.5. The van der Waals surface area contributed by atoms with Crippen LogP contribution in [-0.4, -0.2) is 27.6 Å². The van der Waals surface area contributed by atoms with Crippen molar-refractivity contribution < 1.29 is 9.90 Å². The Morgan fingerprint density at radius 1 is 1.45 bits per heavy atom. The Hall–Kier alpha value is -2.00. The van der Waals surface area contributed by atoms with Crippen molar-refractivity contribution in [3.05, 3.63) is 45.8 Å². The Kier molecular flexibility index (Phi) is 4.64. The largest absolute Gasteiger partial charge is 0.384 e. The zero-order valence-electron chi connectivity index (χ0n) is 10.1. The number of pyridine rings is 1. The van der Waals surface area contributed by atoms with Crippen LogP contribution in [0.3, 0.4) is 0 Å². The van der Waals surface area contributed by atoms with Crippen LogP contribution in [0.4, 0.5) is 5.82 Å². The number of carbonyl (C=O) groups excluding carboxylic acids is 1. The Morgan fingerprint density at radius 2 is 2.25 bits per heavy atom. The van der Waals surface area contributed by atoms with Crippen LogP contribution in [0.15, 0.2) is 24.3 Å². The molecule has 2 heterocycles. The highest BCUT2D eigenvalue weighted by molar-refractivity contribution is 6.41. The summed E-state index contributed by atoms with van der Waals surface area (Å²) in [5.74, 6) is 5.04. The second kappa shape index (κ2) is 6.44. The van der Waals surface area contributed by atoms with Crippen LogP contribution in [0, 0.1) is 11.8 Å². The molecule has 1 amide bonds. The highest BCUT2D eigenvalue weighted by Crippen LogP contribution is 2.22. The maximum Gasteiger partial charge on any atom is 0.273 e. The van der Waals surface area contributed by atoms with E-state index in [1.807, 2.05) is 0 Å². The molecule has 3 N–H and O–H groups in total. The van der Waals surface area contributed by atoms with Crippen molar-refractivity contribution in [3.63, 3.8) is 0 Å². The standard InChI is InChI=1S/C13H9Cl2N3O2/c14-9-7-10(17-12(9)15)13(20)18-11-5-1-3-8(16-11)4-2-6-19/h1,3,5,7,17,19H,6H2,(H,16,18,20). The van der Waals surface area contributed by atoms with Crippen molar-refractivity contribution in [2.45, 2.75) is 0 Å². The number of nitrogens with one attached hydrogen (secondary N) is 2. The maximum atomic E-state index is 11.9. The van der Waals surface area contributed by atoms with Crippen LogP contribution < -0.4 is 5.32 Å². The number of hydrogen-bond acceptors (Lipinski definition) is 3. The second-order valence-electron chi connectivity index (χ2n) is 3.67. The number of nitrogens with zero attached hydrogens (tertiary/aromatic N) is 1. The van der Waals surface area contributed by atoms with Crippen LogP contribution in [0.1, 0.15) is 16.2 Å². The van der Waals surface area contributed by atoms with E-state index in [0.29, 0.717) is 11.5 Å². The number of aliphatic hydroxyl groups is 1. The zero-order valence-corrected chi connectivity index (χ0v) is 11.6. The van der Waals surface area contributed by atoms with E-state index in [-0.39, 0.29) is 22.5 Å². The summed E-state index contributed by atoms with van der Waals surface area (Å²) < 4.78 is 0. The molecular weight excluding hydrogens is 301 g/mol. The number of hydrogen-bond donors (Lipinski definition) is 3. The van der Waals surface area contributed by atoms with Crippen molar-refractivity contribution in [2.75, 3.05) is 11.9 Å². The average Bonchev–Trinajstić information content (AvgIpc) is 2.77. The topological polar surface area (TPSA) is 78.0 Å². The second-order valence-corrected chi connectivity index (χ2v) is 4.45. The molecule has 0 fully saturated rings. The molecule has 20 heavy (non-hydrogen) atoms. The highest BCUT2D eigenvalue weighted by Gasteiger charge is 2.12. The van der Waals surface area contributed by atoms with Gasteiger partial charge in [0.25, 0.3) is 5.91 Å². The number of halogens is 2. The normalized spacial score (nSPS) is 9.75. The lowest BCUT2D eigenvalue weighted by molar-refractivity contribution is 0.102. The average molecular weight is 310 g/mol.